The van der Waals surface area contributed by atoms with Crippen molar-refractivity contribution in [1.82, 2.24) is 20.5 Å². The van der Waals surface area contributed by atoms with Gasteiger partial charge in [-0.25, -0.2) is 0 Å². The normalized spacial score (nSPS) is 24.1. The number of nitrogens with zero attached hydrogens (tertiary/aromatic N) is 2. The average molecular weight is 364 g/mol. The second kappa shape index (κ2) is 7.47. The Balaban J connectivity index is 1.45. The number of fused-ring (bicyclic) bond motifs is 2. The second-order valence-corrected chi connectivity index (χ2v) is 7.53. The van der Waals surface area contributed by atoms with Gasteiger partial charge in [-0.1, -0.05) is 49.4 Å². The fourth-order valence-electron chi connectivity index (χ4n) is 4.28. The minimum Gasteiger partial charge on any atom is -0.347 e. The summed E-state index contributed by atoms with van der Waals surface area (Å²) in [6.45, 7) is 1.93. The van der Waals surface area contributed by atoms with Crippen molar-refractivity contribution in [3.63, 3.8) is 0 Å². The molecule has 4 rings (SSSR count). The molecule has 2 aliphatic rings. The summed E-state index contributed by atoms with van der Waals surface area (Å²) in [6, 6.07) is 8.96. The molecule has 4 atom stereocenters. The van der Waals surface area contributed by atoms with E-state index in [1.54, 1.807) is 0 Å². The molecule has 27 heavy (non-hydrogen) atoms. The number of amides is 1. The zero-order chi connectivity index (χ0) is 18.8. The van der Waals surface area contributed by atoms with Crippen LogP contribution in [0.15, 0.2) is 47.3 Å². The summed E-state index contributed by atoms with van der Waals surface area (Å²) in [6.07, 6.45) is 7.90. The number of hydrogen-bond donors (Lipinski definition) is 2. The van der Waals surface area contributed by atoms with Gasteiger partial charge in [0.05, 0.1) is 6.04 Å². The monoisotopic (exact) mass is 364 g/mol. The maximum Gasteiger partial charge on any atom is 0.275 e. The van der Waals surface area contributed by atoms with Crippen molar-refractivity contribution in [1.29, 1.82) is 0 Å². The minimum absolute atomic E-state index is 0.0128. The number of allylic oxidation sites excluding steroid dienone is 2. The number of H-pyrrole nitrogens is 1. The molecule has 6 nitrogen and oxygen atoms in total. The van der Waals surface area contributed by atoms with E-state index in [-0.39, 0.29) is 17.2 Å². The summed E-state index contributed by atoms with van der Waals surface area (Å²) in [5.41, 5.74) is 0.757. The van der Waals surface area contributed by atoms with Crippen molar-refractivity contribution in [2.75, 3.05) is 0 Å². The van der Waals surface area contributed by atoms with Gasteiger partial charge in [0, 0.05) is 12.0 Å². The minimum atomic E-state index is -0.423. The van der Waals surface area contributed by atoms with E-state index in [4.69, 9.17) is 0 Å². The zero-order valence-corrected chi connectivity index (χ0v) is 15.4. The number of carbonyl (C=O) groups is 1. The van der Waals surface area contributed by atoms with Gasteiger partial charge in [0.2, 0.25) is 5.91 Å². The van der Waals surface area contributed by atoms with Gasteiger partial charge >= 0.3 is 0 Å². The molecule has 2 N–H and O–H groups in total. The van der Waals surface area contributed by atoms with Gasteiger partial charge in [-0.05, 0) is 37.0 Å². The highest BCUT2D eigenvalue weighted by atomic mass is 16.2. The van der Waals surface area contributed by atoms with Crippen LogP contribution in [0, 0.1) is 17.8 Å². The first-order chi connectivity index (χ1) is 13.1. The first kappa shape index (κ1) is 17.6. The molecule has 2 aromatic rings. The summed E-state index contributed by atoms with van der Waals surface area (Å²) >= 11 is 0. The van der Waals surface area contributed by atoms with Crippen LogP contribution in [0.3, 0.4) is 0 Å². The van der Waals surface area contributed by atoms with E-state index >= 15 is 0 Å². The maximum atomic E-state index is 12.5. The summed E-state index contributed by atoms with van der Waals surface area (Å²) in [7, 11) is 0. The molecule has 0 saturated heterocycles. The Morgan fingerprint density at radius 3 is 2.67 bits per heavy atom. The number of hydrogen-bond acceptors (Lipinski definition) is 4. The van der Waals surface area contributed by atoms with Gasteiger partial charge in [0.1, 0.15) is 0 Å². The van der Waals surface area contributed by atoms with Crippen LogP contribution in [0.5, 0.6) is 0 Å². The molecular formula is C21H24N4O2. The Morgan fingerprint density at radius 2 is 2.04 bits per heavy atom. The lowest BCUT2D eigenvalue weighted by Crippen LogP contribution is -2.34. The molecule has 4 unspecified atom stereocenters. The van der Waals surface area contributed by atoms with E-state index in [2.05, 4.69) is 32.7 Å². The molecule has 0 radical (unpaired) electrons. The van der Waals surface area contributed by atoms with Crippen molar-refractivity contribution in [3.8, 4) is 11.4 Å². The van der Waals surface area contributed by atoms with Crippen LogP contribution in [-0.4, -0.2) is 21.1 Å². The molecule has 1 aromatic carbocycles. The van der Waals surface area contributed by atoms with Crippen LogP contribution < -0.4 is 10.9 Å². The predicted molar refractivity (Wildman–Crippen MR) is 103 cm³/mol. The molecule has 6 heteroatoms. The summed E-state index contributed by atoms with van der Waals surface area (Å²) in [5, 5.41) is 11.3. The standard InChI is InChI=1S/C21H24N4O2/c1-2-17(22-18(26)12-16-11-13-8-9-15(16)10-13)19-21(27)23-20(25-24-19)14-6-4-3-5-7-14/h3-9,13,15-17H,2,10-12H2,1H3,(H,22,26)(H,23,25,27). The first-order valence-corrected chi connectivity index (χ1v) is 9.64. The molecule has 2 bridgehead atoms. The van der Waals surface area contributed by atoms with E-state index in [0.29, 0.717) is 36.4 Å². The highest BCUT2D eigenvalue weighted by Gasteiger charge is 2.36. The average Bonchev–Trinajstić information content (AvgIpc) is 3.30. The van der Waals surface area contributed by atoms with E-state index < -0.39 is 6.04 Å². The number of benzene rings is 1. The van der Waals surface area contributed by atoms with Crippen molar-refractivity contribution < 1.29 is 4.79 Å². The SMILES string of the molecule is CCC(NC(=O)CC1CC2C=CC1C2)c1nnc(-c2ccccc2)[nH]c1=O. The third kappa shape index (κ3) is 3.70. The van der Waals surface area contributed by atoms with E-state index in [1.165, 1.54) is 6.42 Å². The van der Waals surface area contributed by atoms with Crippen LogP contribution in [0.2, 0.25) is 0 Å². The van der Waals surface area contributed by atoms with Gasteiger partial charge in [0.15, 0.2) is 11.5 Å². The summed E-state index contributed by atoms with van der Waals surface area (Å²) in [4.78, 5) is 27.8. The first-order valence-electron chi connectivity index (χ1n) is 9.64. The Morgan fingerprint density at radius 1 is 1.22 bits per heavy atom. The Labute approximate surface area is 158 Å². The number of aromatic amines is 1. The molecule has 1 fully saturated rings. The molecule has 0 aliphatic heterocycles. The smallest absolute Gasteiger partial charge is 0.275 e. The molecular weight excluding hydrogens is 340 g/mol. The number of rotatable bonds is 6. The number of nitrogens with one attached hydrogen (secondary N) is 2. The van der Waals surface area contributed by atoms with Gasteiger partial charge in [-0.2, -0.15) is 0 Å². The molecule has 1 saturated carbocycles. The van der Waals surface area contributed by atoms with Gasteiger partial charge < -0.3 is 10.3 Å². The molecule has 1 amide bonds. The lowest BCUT2D eigenvalue weighted by Gasteiger charge is -2.20. The van der Waals surface area contributed by atoms with Crippen molar-refractivity contribution in [2.24, 2.45) is 17.8 Å². The molecule has 0 spiro atoms. The Bertz CT molecular complexity index is 906. The fourth-order valence-corrected chi connectivity index (χ4v) is 4.28. The van der Waals surface area contributed by atoms with E-state index in [0.717, 1.165) is 12.0 Å². The number of aromatic nitrogens is 3. The van der Waals surface area contributed by atoms with Crippen LogP contribution in [-0.2, 0) is 4.79 Å². The molecule has 2 aliphatic carbocycles. The third-order valence-electron chi connectivity index (χ3n) is 5.71. The number of carbonyl (C=O) groups excluding carboxylic acids is 1. The van der Waals surface area contributed by atoms with Crippen LogP contribution in [0.4, 0.5) is 0 Å². The van der Waals surface area contributed by atoms with Gasteiger partial charge in [-0.3, -0.25) is 9.59 Å². The fraction of sp³-hybridized carbons (Fsp3) is 0.429. The van der Waals surface area contributed by atoms with Crippen molar-refractivity contribution in [2.45, 2.75) is 38.6 Å². The second-order valence-electron chi connectivity index (χ2n) is 7.53. The van der Waals surface area contributed by atoms with E-state index in [9.17, 15) is 9.59 Å². The van der Waals surface area contributed by atoms with Gasteiger partial charge in [0.25, 0.3) is 5.56 Å². The van der Waals surface area contributed by atoms with Crippen molar-refractivity contribution >= 4 is 5.91 Å². The lowest BCUT2D eigenvalue weighted by molar-refractivity contribution is -0.123. The van der Waals surface area contributed by atoms with Crippen LogP contribution in [0.25, 0.3) is 11.4 Å². The molecule has 1 aromatic heterocycles. The van der Waals surface area contributed by atoms with E-state index in [1.807, 2.05) is 37.3 Å². The topological polar surface area (TPSA) is 87.7 Å². The summed E-state index contributed by atoms with van der Waals surface area (Å²) < 4.78 is 0. The summed E-state index contributed by atoms with van der Waals surface area (Å²) in [5.74, 6) is 2.02. The van der Waals surface area contributed by atoms with Gasteiger partial charge in [-0.15, -0.1) is 10.2 Å². The van der Waals surface area contributed by atoms with Crippen LogP contribution >= 0.6 is 0 Å². The molecule has 140 valence electrons. The maximum absolute atomic E-state index is 12.5. The highest BCUT2D eigenvalue weighted by molar-refractivity contribution is 5.76. The molecule has 1 heterocycles. The largest absolute Gasteiger partial charge is 0.347 e. The Kier molecular flexibility index (Phi) is 4.88. The van der Waals surface area contributed by atoms with Crippen LogP contribution in [0.1, 0.15) is 44.3 Å². The zero-order valence-electron chi connectivity index (χ0n) is 15.4. The highest BCUT2D eigenvalue weighted by Crippen LogP contribution is 2.44. The predicted octanol–water partition coefficient (Wildman–Crippen LogP) is 3.00. The Hall–Kier alpha value is -2.76. The quantitative estimate of drug-likeness (QED) is 0.771. The van der Waals surface area contributed by atoms with Crippen molar-refractivity contribution in [3.05, 3.63) is 58.5 Å². The third-order valence-corrected chi connectivity index (χ3v) is 5.71. The lowest BCUT2D eigenvalue weighted by atomic mass is 9.90.